The minimum Gasteiger partial charge on any atom is -0.305 e. The number of aromatic nitrogens is 1. The van der Waals surface area contributed by atoms with E-state index in [4.69, 9.17) is 0 Å². The van der Waals surface area contributed by atoms with E-state index in [0.717, 1.165) is 15.8 Å². The van der Waals surface area contributed by atoms with E-state index in [1.807, 2.05) is 30.3 Å². The first-order valence-electron chi connectivity index (χ1n) is 5.53. The second kappa shape index (κ2) is 4.58. The van der Waals surface area contributed by atoms with Crippen LogP contribution in [0.4, 0.5) is 5.13 Å². The normalized spacial score (nSPS) is 10.4. The zero-order valence-electron chi connectivity index (χ0n) is 9.46. The van der Waals surface area contributed by atoms with Crippen LogP contribution in [0, 0.1) is 0 Å². The second-order valence-corrected chi connectivity index (χ2v) is 4.86. The van der Waals surface area contributed by atoms with Gasteiger partial charge < -0.3 is 5.32 Å². The van der Waals surface area contributed by atoms with Crippen molar-refractivity contribution >= 4 is 33.1 Å². The van der Waals surface area contributed by atoms with E-state index >= 15 is 0 Å². The topological polar surface area (TPSA) is 42.0 Å². The fourth-order valence-electron chi connectivity index (χ4n) is 1.85. The van der Waals surface area contributed by atoms with Crippen molar-refractivity contribution in [1.82, 2.24) is 4.98 Å². The molecule has 3 nitrogen and oxygen atoms in total. The molecular weight excluding hydrogens is 244 g/mol. The van der Waals surface area contributed by atoms with Crippen LogP contribution in [0.2, 0.25) is 0 Å². The maximum atomic E-state index is 10.4. The minimum atomic E-state index is 0.630. The number of carbonyl (C=O) groups is 1. The molecule has 1 N–H and O–H groups in total. The zero-order chi connectivity index (χ0) is 12.4. The number of benzene rings is 2. The van der Waals surface area contributed by atoms with Gasteiger partial charge in [0.05, 0.1) is 10.2 Å². The summed E-state index contributed by atoms with van der Waals surface area (Å²) in [6, 6.07) is 16.3. The van der Waals surface area contributed by atoms with Crippen molar-refractivity contribution in [2.45, 2.75) is 0 Å². The molecule has 18 heavy (non-hydrogen) atoms. The molecule has 0 spiro atoms. The number of nitrogens with zero attached hydrogens (tertiary/aromatic N) is 1. The lowest BCUT2D eigenvalue weighted by Gasteiger charge is -2.00. The van der Waals surface area contributed by atoms with Crippen molar-refractivity contribution in [3.8, 4) is 11.1 Å². The minimum absolute atomic E-state index is 0.630. The van der Waals surface area contributed by atoms with E-state index in [-0.39, 0.29) is 0 Å². The van der Waals surface area contributed by atoms with Gasteiger partial charge in [-0.25, -0.2) is 4.98 Å². The van der Waals surface area contributed by atoms with Crippen LogP contribution in [-0.4, -0.2) is 11.4 Å². The van der Waals surface area contributed by atoms with E-state index in [2.05, 4.69) is 28.5 Å². The molecule has 0 aliphatic heterocycles. The summed E-state index contributed by atoms with van der Waals surface area (Å²) in [6.07, 6.45) is 0.649. The zero-order valence-corrected chi connectivity index (χ0v) is 10.3. The molecule has 88 valence electrons. The van der Waals surface area contributed by atoms with Crippen molar-refractivity contribution in [2.24, 2.45) is 0 Å². The Morgan fingerprint density at radius 1 is 1.06 bits per heavy atom. The van der Waals surface area contributed by atoms with Gasteiger partial charge in [0.15, 0.2) is 5.13 Å². The van der Waals surface area contributed by atoms with E-state index < -0.39 is 0 Å². The van der Waals surface area contributed by atoms with Crippen LogP contribution in [0.3, 0.4) is 0 Å². The monoisotopic (exact) mass is 254 g/mol. The highest BCUT2D eigenvalue weighted by molar-refractivity contribution is 7.22. The van der Waals surface area contributed by atoms with Gasteiger partial charge in [0, 0.05) is 0 Å². The summed E-state index contributed by atoms with van der Waals surface area (Å²) in [7, 11) is 0. The van der Waals surface area contributed by atoms with Crippen LogP contribution in [0.15, 0.2) is 48.5 Å². The SMILES string of the molecule is O=CNc1nc2ccc(-c3ccccc3)cc2s1. The Hall–Kier alpha value is -2.20. The van der Waals surface area contributed by atoms with Gasteiger partial charge >= 0.3 is 0 Å². The number of hydrogen-bond donors (Lipinski definition) is 1. The highest BCUT2D eigenvalue weighted by atomic mass is 32.1. The van der Waals surface area contributed by atoms with Crippen LogP contribution in [0.25, 0.3) is 21.3 Å². The number of hydrogen-bond acceptors (Lipinski definition) is 3. The van der Waals surface area contributed by atoms with Crippen LogP contribution in [-0.2, 0) is 4.79 Å². The number of nitrogens with one attached hydrogen (secondary N) is 1. The number of fused-ring (bicyclic) bond motifs is 1. The Morgan fingerprint density at radius 2 is 1.89 bits per heavy atom. The maximum absolute atomic E-state index is 10.4. The van der Waals surface area contributed by atoms with Crippen LogP contribution >= 0.6 is 11.3 Å². The first-order valence-corrected chi connectivity index (χ1v) is 6.35. The predicted molar refractivity (Wildman–Crippen MR) is 74.7 cm³/mol. The highest BCUT2D eigenvalue weighted by Crippen LogP contribution is 2.30. The van der Waals surface area contributed by atoms with Gasteiger partial charge in [-0.3, -0.25) is 4.79 Å². The van der Waals surface area contributed by atoms with E-state index in [0.29, 0.717) is 11.5 Å². The molecule has 0 fully saturated rings. The van der Waals surface area contributed by atoms with Crippen LogP contribution < -0.4 is 5.32 Å². The molecule has 1 amide bonds. The number of rotatable bonds is 3. The van der Waals surface area contributed by atoms with E-state index in [9.17, 15) is 4.79 Å². The van der Waals surface area contributed by atoms with E-state index in [1.54, 1.807) is 0 Å². The lowest BCUT2D eigenvalue weighted by molar-refractivity contribution is -0.105. The Kier molecular flexibility index (Phi) is 2.78. The molecule has 0 saturated heterocycles. The Bertz CT molecular complexity index is 691. The predicted octanol–water partition coefficient (Wildman–Crippen LogP) is 3.53. The standard InChI is InChI=1S/C14H10N2OS/c17-9-15-14-16-12-7-6-11(8-13(12)18-14)10-4-2-1-3-5-10/h1-9H,(H,15,16,17). The van der Waals surface area contributed by atoms with Gasteiger partial charge in [-0.1, -0.05) is 47.7 Å². The molecule has 0 atom stereocenters. The molecule has 0 radical (unpaired) electrons. The van der Waals surface area contributed by atoms with Crippen LogP contribution in [0.1, 0.15) is 0 Å². The third-order valence-electron chi connectivity index (χ3n) is 2.68. The number of thiazole rings is 1. The molecule has 1 heterocycles. The molecule has 2 aromatic carbocycles. The lowest BCUT2D eigenvalue weighted by Crippen LogP contribution is -1.91. The third-order valence-corrected chi connectivity index (χ3v) is 3.63. The fraction of sp³-hybridized carbons (Fsp3) is 0. The molecule has 0 bridgehead atoms. The van der Waals surface area contributed by atoms with Crippen molar-refractivity contribution in [2.75, 3.05) is 5.32 Å². The van der Waals surface area contributed by atoms with Gasteiger partial charge in [-0.15, -0.1) is 0 Å². The molecular formula is C14H10N2OS. The Balaban J connectivity index is 2.08. The first-order chi connectivity index (χ1) is 8.86. The number of carbonyl (C=O) groups excluding carboxylic acids is 1. The largest absolute Gasteiger partial charge is 0.305 e. The Morgan fingerprint density at radius 3 is 2.67 bits per heavy atom. The van der Waals surface area contributed by atoms with Gasteiger partial charge in [0.25, 0.3) is 0 Å². The smallest absolute Gasteiger partial charge is 0.213 e. The molecule has 0 unspecified atom stereocenters. The molecule has 0 saturated carbocycles. The maximum Gasteiger partial charge on any atom is 0.213 e. The average molecular weight is 254 g/mol. The highest BCUT2D eigenvalue weighted by Gasteiger charge is 2.04. The quantitative estimate of drug-likeness (QED) is 0.726. The first kappa shape index (κ1) is 10.9. The van der Waals surface area contributed by atoms with Crippen molar-refractivity contribution in [3.05, 3.63) is 48.5 Å². The molecule has 3 rings (SSSR count). The average Bonchev–Trinajstić information content (AvgIpc) is 2.81. The lowest BCUT2D eigenvalue weighted by atomic mass is 10.1. The van der Waals surface area contributed by atoms with E-state index in [1.165, 1.54) is 16.9 Å². The van der Waals surface area contributed by atoms with Gasteiger partial charge in [-0.05, 0) is 23.3 Å². The van der Waals surface area contributed by atoms with Gasteiger partial charge in [-0.2, -0.15) is 0 Å². The summed E-state index contributed by atoms with van der Waals surface area (Å²) < 4.78 is 1.07. The summed E-state index contributed by atoms with van der Waals surface area (Å²) in [6.45, 7) is 0. The molecule has 3 aromatic rings. The number of amides is 1. The molecule has 4 heteroatoms. The molecule has 0 aliphatic rings. The van der Waals surface area contributed by atoms with Gasteiger partial charge in [0.1, 0.15) is 0 Å². The molecule has 0 aliphatic carbocycles. The van der Waals surface area contributed by atoms with Crippen molar-refractivity contribution < 1.29 is 4.79 Å². The van der Waals surface area contributed by atoms with Gasteiger partial charge in [0.2, 0.25) is 6.41 Å². The van der Waals surface area contributed by atoms with Crippen molar-refractivity contribution in [1.29, 1.82) is 0 Å². The molecule has 1 aromatic heterocycles. The van der Waals surface area contributed by atoms with Crippen LogP contribution in [0.5, 0.6) is 0 Å². The number of anilines is 1. The summed E-state index contributed by atoms with van der Waals surface area (Å²) in [5, 5.41) is 3.21. The third kappa shape index (κ3) is 1.98. The summed E-state index contributed by atoms with van der Waals surface area (Å²) in [5.74, 6) is 0. The Labute approximate surface area is 108 Å². The summed E-state index contributed by atoms with van der Waals surface area (Å²) in [5.41, 5.74) is 3.24. The second-order valence-electron chi connectivity index (χ2n) is 3.83. The summed E-state index contributed by atoms with van der Waals surface area (Å²) in [4.78, 5) is 14.7. The fourth-order valence-corrected chi connectivity index (χ4v) is 2.71. The summed E-state index contributed by atoms with van der Waals surface area (Å²) >= 11 is 1.48. The van der Waals surface area contributed by atoms with Crippen molar-refractivity contribution in [3.63, 3.8) is 0 Å².